The molecule has 110 valence electrons. The number of benzene rings is 1. The molecule has 0 fully saturated rings. The Kier molecular flexibility index (Phi) is 3.76. The lowest BCUT2D eigenvalue weighted by Gasteiger charge is -2.09. The first kappa shape index (κ1) is 14.7. The number of nitrogens with one attached hydrogen (secondary N) is 1. The maximum atomic E-state index is 12.3. The number of hydrogen-bond donors (Lipinski definition) is 2. The van der Waals surface area contributed by atoms with Crippen LogP contribution in [0.2, 0.25) is 0 Å². The number of pyridine rings is 1. The van der Waals surface area contributed by atoms with E-state index in [0.717, 1.165) is 17.7 Å². The topological polar surface area (TPSA) is 128 Å². The zero-order chi connectivity index (χ0) is 15.6. The van der Waals surface area contributed by atoms with E-state index < -0.39 is 14.9 Å². The van der Waals surface area contributed by atoms with E-state index in [-0.39, 0.29) is 22.1 Å². The summed E-state index contributed by atoms with van der Waals surface area (Å²) in [4.78, 5) is 13.6. The van der Waals surface area contributed by atoms with Crippen LogP contribution in [0.1, 0.15) is 5.56 Å². The van der Waals surface area contributed by atoms with E-state index in [2.05, 4.69) is 9.71 Å². The fourth-order valence-electron chi connectivity index (χ4n) is 1.65. The third kappa shape index (κ3) is 3.26. The highest BCUT2D eigenvalue weighted by Gasteiger charge is 2.21. The fourth-order valence-corrected chi connectivity index (χ4v) is 2.81. The second-order valence-corrected chi connectivity index (χ2v) is 5.95. The van der Waals surface area contributed by atoms with Crippen molar-refractivity contribution >= 4 is 27.2 Å². The Balaban J connectivity index is 2.44. The number of aryl methyl sites for hydroxylation is 1. The van der Waals surface area contributed by atoms with Crippen molar-refractivity contribution in [1.29, 1.82) is 0 Å². The van der Waals surface area contributed by atoms with Gasteiger partial charge in [-0.05, 0) is 30.7 Å². The van der Waals surface area contributed by atoms with Crippen LogP contribution in [-0.4, -0.2) is 18.3 Å². The number of nitrogen functional groups attached to an aromatic ring is 1. The number of sulfonamides is 1. The summed E-state index contributed by atoms with van der Waals surface area (Å²) in [5.41, 5.74) is 5.97. The Morgan fingerprint density at radius 2 is 2.00 bits per heavy atom. The second kappa shape index (κ2) is 5.37. The molecule has 1 heterocycles. The molecule has 8 nitrogen and oxygen atoms in total. The van der Waals surface area contributed by atoms with Gasteiger partial charge in [0.15, 0.2) is 0 Å². The summed E-state index contributed by atoms with van der Waals surface area (Å²) >= 11 is 0. The smallest absolute Gasteiger partial charge is 0.270 e. The van der Waals surface area contributed by atoms with Crippen LogP contribution in [0, 0.1) is 17.0 Å². The van der Waals surface area contributed by atoms with Gasteiger partial charge < -0.3 is 5.73 Å². The minimum atomic E-state index is -4.06. The van der Waals surface area contributed by atoms with Gasteiger partial charge in [0.05, 0.1) is 10.6 Å². The fraction of sp³-hybridized carbons (Fsp3) is 0.0833. The molecule has 0 atom stereocenters. The lowest BCUT2D eigenvalue weighted by molar-refractivity contribution is -0.385. The Morgan fingerprint density at radius 1 is 1.29 bits per heavy atom. The van der Waals surface area contributed by atoms with E-state index in [9.17, 15) is 18.5 Å². The molecule has 2 rings (SSSR count). The molecule has 21 heavy (non-hydrogen) atoms. The van der Waals surface area contributed by atoms with Crippen molar-refractivity contribution in [3.05, 3.63) is 52.2 Å². The minimum Gasteiger partial charge on any atom is -0.398 e. The normalized spacial score (nSPS) is 11.1. The summed E-state index contributed by atoms with van der Waals surface area (Å²) in [5, 5.41) is 10.7. The van der Waals surface area contributed by atoms with Crippen molar-refractivity contribution in [2.75, 3.05) is 10.5 Å². The average molecular weight is 308 g/mol. The summed E-state index contributed by atoms with van der Waals surface area (Å²) in [6, 6.07) is 6.47. The molecule has 0 aliphatic carbocycles. The van der Waals surface area contributed by atoms with Crippen molar-refractivity contribution in [2.45, 2.75) is 11.8 Å². The average Bonchev–Trinajstić information content (AvgIpc) is 2.38. The largest absolute Gasteiger partial charge is 0.398 e. The molecule has 0 bridgehead atoms. The number of hydrogen-bond acceptors (Lipinski definition) is 6. The van der Waals surface area contributed by atoms with E-state index in [1.54, 1.807) is 13.0 Å². The molecule has 1 aromatic heterocycles. The van der Waals surface area contributed by atoms with Gasteiger partial charge in [0.1, 0.15) is 10.7 Å². The molecule has 0 unspecified atom stereocenters. The van der Waals surface area contributed by atoms with E-state index in [0.29, 0.717) is 0 Å². The zero-order valence-corrected chi connectivity index (χ0v) is 11.8. The molecule has 0 amide bonds. The Bertz CT molecular complexity index is 805. The standard InChI is InChI=1S/C12H12N4O4S/c1-8-4-5-14-12(6-8)15-21(19,20)11-7-9(16(17)18)2-3-10(11)13/h2-7H,13H2,1H3,(H,14,15). The highest BCUT2D eigenvalue weighted by Crippen LogP contribution is 2.25. The van der Waals surface area contributed by atoms with Crippen molar-refractivity contribution in [2.24, 2.45) is 0 Å². The first-order valence-electron chi connectivity index (χ1n) is 5.79. The first-order valence-corrected chi connectivity index (χ1v) is 7.27. The van der Waals surface area contributed by atoms with Crippen LogP contribution in [0.25, 0.3) is 0 Å². The lowest BCUT2D eigenvalue weighted by atomic mass is 10.3. The molecular weight excluding hydrogens is 296 g/mol. The molecular formula is C12H12N4O4S. The highest BCUT2D eigenvalue weighted by atomic mass is 32.2. The SMILES string of the molecule is Cc1ccnc(NS(=O)(=O)c2cc([N+](=O)[O-])ccc2N)c1. The molecule has 0 aliphatic rings. The van der Waals surface area contributed by atoms with Gasteiger partial charge in [0.2, 0.25) is 0 Å². The second-order valence-electron chi connectivity index (χ2n) is 4.30. The molecule has 9 heteroatoms. The van der Waals surface area contributed by atoms with Gasteiger partial charge in [-0.2, -0.15) is 0 Å². The molecule has 0 radical (unpaired) electrons. The molecule has 2 aromatic rings. The maximum Gasteiger partial charge on any atom is 0.270 e. The Hall–Kier alpha value is -2.68. The van der Waals surface area contributed by atoms with E-state index >= 15 is 0 Å². The molecule has 0 aliphatic heterocycles. The minimum absolute atomic E-state index is 0.0826. The van der Waals surface area contributed by atoms with Gasteiger partial charge in [-0.1, -0.05) is 0 Å². The number of nitrogens with two attached hydrogens (primary N) is 1. The molecule has 0 spiro atoms. The molecule has 1 aromatic carbocycles. The van der Waals surface area contributed by atoms with E-state index in [1.165, 1.54) is 18.3 Å². The van der Waals surface area contributed by atoms with Gasteiger partial charge >= 0.3 is 0 Å². The van der Waals surface area contributed by atoms with Crippen LogP contribution in [-0.2, 0) is 10.0 Å². The maximum absolute atomic E-state index is 12.3. The lowest BCUT2D eigenvalue weighted by Crippen LogP contribution is -2.16. The first-order chi connectivity index (χ1) is 9.79. The zero-order valence-electron chi connectivity index (χ0n) is 11.0. The highest BCUT2D eigenvalue weighted by molar-refractivity contribution is 7.92. The number of nitro groups is 1. The van der Waals surface area contributed by atoms with Gasteiger partial charge in [0, 0.05) is 18.3 Å². The number of anilines is 2. The van der Waals surface area contributed by atoms with Crippen LogP contribution in [0.15, 0.2) is 41.4 Å². The van der Waals surface area contributed by atoms with Crippen molar-refractivity contribution in [1.82, 2.24) is 4.98 Å². The van der Waals surface area contributed by atoms with Crippen molar-refractivity contribution in [3.63, 3.8) is 0 Å². The van der Waals surface area contributed by atoms with Gasteiger partial charge in [-0.25, -0.2) is 13.4 Å². The van der Waals surface area contributed by atoms with Crippen LogP contribution >= 0.6 is 0 Å². The van der Waals surface area contributed by atoms with E-state index in [1.807, 2.05) is 0 Å². The monoisotopic (exact) mass is 308 g/mol. The summed E-state index contributed by atoms with van der Waals surface area (Å²) < 4.78 is 26.8. The van der Waals surface area contributed by atoms with Crippen LogP contribution < -0.4 is 10.5 Å². The van der Waals surface area contributed by atoms with Crippen LogP contribution in [0.4, 0.5) is 17.2 Å². The van der Waals surface area contributed by atoms with Gasteiger partial charge in [-0.15, -0.1) is 0 Å². The van der Waals surface area contributed by atoms with Crippen LogP contribution in [0.3, 0.4) is 0 Å². The van der Waals surface area contributed by atoms with Crippen molar-refractivity contribution < 1.29 is 13.3 Å². The quantitative estimate of drug-likeness (QED) is 0.502. The van der Waals surface area contributed by atoms with Crippen LogP contribution in [0.5, 0.6) is 0 Å². The third-order valence-corrected chi connectivity index (χ3v) is 4.06. The van der Waals surface area contributed by atoms with E-state index in [4.69, 9.17) is 5.73 Å². The number of nitro benzene ring substituents is 1. The predicted octanol–water partition coefficient (Wildman–Crippen LogP) is 1.68. The number of rotatable bonds is 4. The predicted molar refractivity (Wildman–Crippen MR) is 77.3 cm³/mol. The summed E-state index contributed by atoms with van der Waals surface area (Å²) in [6.45, 7) is 1.78. The Labute approximate surface area is 120 Å². The molecule has 3 N–H and O–H groups in total. The summed E-state index contributed by atoms with van der Waals surface area (Å²) in [6.07, 6.45) is 1.45. The number of non-ortho nitro benzene ring substituents is 1. The van der Waals surface area contributed by atoms with Gasteiger partial charge in [-0.3, -0.25) is 14.8 Å². The summed E-state index contributed by atoms with van der Waals surface area (Å²) in [7, 11) is -4.06. The molecule has 0 saturated heterocycles. The Morgan fingerprint density at radius 3 is 2.62 bits per heavy atom. The van der Waals surface area contributed by atoms with Crippen molar-refractivity contribution in [3.8, 4) is 0 Å². The van der Waals surface area contributed by atoms with Gasteiger partial charge in [0.25, 0.3) is 15.7 Å². The number of nitrogens with zero attached hydrogens (tertiary/aromatic N) is 2. The molecule has 0 saturated carbocycles. The summed E-state index contributed by atoms with van der Waals surface area (Å²) in [5.74, 6) is 0.112. The third-order valence-electron chi connectivity index (χ3n) is 2.65. The number of aromatic nitrogens is 1.